The second-order valence-corrected chi connectivity index (χ2v) is 7.52. The highest BCUT2D eigenvalue weighted by molar-refractivity contribution is 6.30. The predicted molar refractivity (Wildman–Crippen MR) is 89.7 cm³/mol. The van der Waals surface area contributed by atoms with E-state index in [-0.39, 0.29) is 0 Å². The molecule has 0 bridgehead atoms. The zero-order chi connectivity index (χ0) is 15.0. The van der Waals surface area contributed by atoms with Crippen molar-refractivity contribution in [3.63, 3.8) is 0 Å². The molecule has 1 aliphatic heterocycles. The van der Waals surface area contributed by atoms with Crippen molar-refractivity contribution in [3.8, 4) is 0 Å². The van der Waals surface area contributed by atoms with Crippen LogP contribution in [0.15, 0.2) is 24.3 Å². The van der Waals surface area contributed by atoms with Crippen LogP contribution in [0.1, 0.15) is 45.2 Å². The average molecular weight is 307 g/mol. The zero-order valence-electron chi connectivity index (χ0n) is 13.3. The molecule has 0 aromatic heterocycles. The minimum Gasteiger partial charge on any atom is -0.311 e. The Morgan fingerprint density at radius 3 is 2.38 bits per heavy atom. The second-order valence-electron chi connectivity index (χ2n) is 7.09. The summed E-state index contributed by atoms with van der Waals surface area (Å²) in [6.45, 7) is 9.32. The lowest BCUT2D eigenvalue weighted by Gasteiger charge is -2.46. The summed E-state index contributed by atoms with van der Waals surface area (Å²) in [5, 5.41) is 4.62. The number of nitrogens with zero attached hydrogens (tertiary/aromatic N) is 1. The lowest BCUT2D eigenvalue weighted by Crippen LogP contribution is -2.59. The molecule has 3 unspecified atom stereocenters. The van der Waals surface area contributed by atoms with E-state index in [0.29, 0.717) is 24.0 Å². The zero-order valence-corrected chi connectivity index (χ0v) is 14.1. The number of benzene rings is 1. The number of hydrogen-bond acceptors (Lipinski definition) is 2. The van der Waals surface area contributed by atoms with Gasteiger partial charge in [-0.2, -0.15) is 0 Å². The Bertz CT molecular complexity index is 467. The molecule has 1 N–H and O–H groups in total. The maximum absolute atomic E-state index is 6.03. The van der Waals surface area contributed by atoms with Gasteiger partial charge in [-0.1, -0.05) is 37.6 Å². The van der Waals surface area contributed by atoms with Gasteiger partial charge in [0.05, 0.1) is 0 Å². The molecule has 3 rings (SSSR count). The van der Waals surface area contributed by atoms with Crippen LogP contribution in [0.3, 0.4) is 0 Å². The molecule has 21 heavy (non-hydrogen) atoms. The van der Waals surface area contributed by atoms with Crippen molar-refractivity contribution in [3.05, 3.63) is 34.9 Å². The minimum absolute atomic E-state index is 0.456. The van der Waals surface area contributed by atoms with Crippen LogP contribution in [0, 0.1) is 11.8 Å². The maximum Gasteiger partial charge on any atom is 0.0406 e. The van der Waals surface area contributed by atoms with Crippen LogP contribution in [0.4, 0.5) is 0 Å². The largest absolute Gasteiger partial charge is 0.311 e. The molecule has 3 heteroatoms. The normalized spacial score (nSPS) is 28.8. The van der Waals surface area contributed by atoms with Crippen molar-refractivity contribution in [2.75, 3.05) is 13.1 Å². The molecule has 2 aliphatic rings. The van der Waals surface area contributed by atoms with Crippen LogP contribution in [0.2, 0.25) is 5.02 Å². The Morgan fingerprint density at radius 1 is 1.14 bits per heavy atom. The summed E-state index contributed by atoms with van der Waals surface area (Å²) < 4.78 is 0. The smallest absolute Gasteiger partial charge is 0.0406 e. The standard InChI is InChI=1S/C18H27ClN2/c1-12(2)18-10-20-17(15-4-5-15)11-21(18)13(3)14-6-8-16(19)9-7-14/h6-9,12-13,15,17-18,20H,4-5,10-11H2,1-3H3. The molecule has 1 aliphatic carbocycles. The molecule has 1 saturated carbocycles. The van der Waals surface area contributed by atoms with Crippen molar-refractivity contribution in [1.82, 2.24) is 10.2 Å². The second kappa shape index (κ2) is 6.28. The van der Waals surface area contributed by atoms with E-state index in [1.807, 2.05) is 12.1 Å². The molecule has 116 valence electrons. The molecular weight excluding hydrogens is 280 g/mol. The van der Waals surface area contributed by atoms with Crippen molar-refractivity contribution >= 4 is 11.6 Å². The van der Waals surface area contributed by atoms with Gasteiger partial charge in [0.15, 0.2) is 0 Å². The number of hydrogen-bond donors (Lipinski definition) is 1. The third-order valence-corrected chi connectivity index (χ3v) is 5.49. The van der Waals surface area contributed by atoms with E-state index in [0.717, 1.165) is 17.5 Å². The summed E-state index contributed by atoms with van der Waals surface area (Å²) in [6, 6.07) is 10.1. The fraction of sp³-hybridized carbons (Fsp3) is 0.667. The fourth-order valence-electron chi connectivity index (χ4n) is 3.63. The first kappa shape index (κ1) is 15.3. The molecule has 1 saturated heterocycles. The third kappa shape index (κ3) is 3.44. The van der Waals surface area contributed by atoms with Gasteiger partial charge in [0.1, 0.15) is 0 Å². The molecule has 0 spiro atoms. The number of nitrogens with one attached hydrogen (secondary N) is 1. The summed E-state index contributed by atoms with van der Waals surface area (Å²) in [5.41, 5.74) is 1.38. The Balaban J connectivity index is 1.78. The number of piperazine rings is 1. The fourth-order valence-corrected chi connectivity index (χ4v) is 3.75. The molecule has 2 fully saturated rings. The monoisotopic (exact) mass is 306 g/mol. The van der Waals surface area contributed by atoms with Gasteiger partial charge in [-0.3, -0.25) is 4.90 Å². The molecule has 1 heterocycles. The Labute approximate surface area is 133 Å². The number of halogens is 1. The summed E-state index contributed by atoms with van der Waals surface area (Å²) in [7, 11) is 0. The van der Waals surface area contributed by atoms with Gasteiger partial charge in [0.2, 0.25) is 0 Å². The lowest BCUT2D eigenvalue weighted by molar-refractivity contribution is 0.0569. The van der Waals surface area contributed by atoms with E-state index in [2.05, 4.69) is 43.1 Å². The van der Waals surface area contributed by atoms with Gasteiger partial charge in [0, 0.05) is 36.2 Å². The highest BCUT2D eigenvalue weighted by Gasteiger charge is 2.39. The van der Waals surface area contributed by atoms with Crippen molar-refractivity contribution in [2.24, 2.45) is 11.8 Å². The molecule has 0 amide bonds. The Hall–Kier alpha value is -0.570. The molecule has 3 atom stereocenters. The highest BCUT2D eigenvalue weighted by Crippen LogP contribution is 2.37. The van der Waals surface area contributed by atoms with Crippen molar-refractivity contribution in [1.29, 1.82) is 0 Å². The summed E-state index contributed by atoms with van der Waals surface area (Å²) in [5.74, 6) is 1.59. The summed E-state index contributed by atoms with van der Waals surface area (Å²) in [6.07, 6.45) is 2.82. The summed E-state index contributed by atoms with van der Waals surface area (Å²) in [4.78, 5) is 2.72. The van der Waals surface area contributed by atoms with Gasteiger partial charge >= 0.3 is 0 Å². The van der Waals surface area contributed by atoms with Crippen LogP contribution in [0.5, 0.6) is 0 Å². The first-order valence-corrected chi connectivity index (χ1v) is 8.68. The van der Waals surface area contributed by atoms with E-state index >= 15 is 0 Å². The first-order chi connectivity index (χ1) is 10.1. The quantitative estimate of drug-likeness (QED) is 0.900. The van der Waals surface area contributed by atoms with Gasteiger partial charge in [-0.05, 0) is 49.3 Å². The van der Waals surface area contributed by atoms with Crippen LogP contribution in [0.25, 0.3) is 0 Å². The van der Waals surface area contributed by atoms with Crippen molar-refractivity contribution in [2.45, 2.75) is 51.7 Å². The van der Waals surface area contributed by atoms with Gasteiger partial charge in [-0.25, -0.2) is 0 Å². The van der Waals surface area contributed by atoms with Gasteiger partial charge in [-0.15, -0.1) is 0 Å². The molecule has 1 aromatic rings. The predicted octanol–water partition coefficient (Wildman–Crippen LogP) is 4.11. The van der Waals surface area contributed by atoms with Crippen molar-refractivity contribution < 1.29 is 0 Å². The van der Waals surface area contributed by atoms with Crippen LogP contribution < -0.4 is 5.32 Å². The number of rotatable bonds is 4. The van der Waals surface area contributed by atoms with E-state index in [4.69, 9.17) is 11.6 Å². The lowest BCUT2D eigenvalue weighted by atomic mass is 9.93. The van der Waals surface area contributed by atoms with E-state index < -0.39 is 0 Å². The Kier molecular flexibility index (Phi) is 4.58. The van der Waals surface area contributed by atoms with Gasteiger partial charge < -0.3 is 5.32 Å². The average Bonchev–Trinajstić information content (AvgIpc) is 3.31. The molecule has 1 aromatic carbocycles. The van der Waals surface area contributed by atoms with E-state index in [1.165, 1.54) is 24.9 Å². The molecule has 0 radical (unpaired) electrons. The summed E-state index contributed by atoms with van der Waals surface area (Å²) >= 11 is 6.03. The van der Waals surface area contributed by atoms with Crippen LogP contribution >= 0.6 is 11.6 Å². The minimum atomic E-state index is 0.456. The van der Waals surface area contributed by atoms with E-state index in [1.54, 1.807) is 0 Å². The Morgan fingerprint density at radius 2 is 1.81 bits per heavy atom. The van der Waals surface area contributed by atoms with Crippen LogP contribution in [-0.2, 0) is 0 Å². The highest BCUT2D eigenvalue weighted by atomic mass is 35.5. The van der Waals surface area contributed by atoms with Crippen LogP contribution in [-0.4, -0.2) is 30.1 Å². The molecular formula is C18H27ClN2. The molecule has 2 nitrogen and oxygen atoms in total. The van der Waals surface area contributed by atoms with E-state index in [9.17, 15) is 0 Å². The first-order valence-electron chi connectivity index (χ1n) is 8.31. The topological polar surface area (TPSA) is 15.3 Å². The SMILES string of the molecule is CC(C)C1CNC(C2CC2)CN1C(C)c1ccc(Cl)cc1. The third-order valence-electron chi connectivity index (χ3n) is 5.23. The maximum atomic E-state index is 6.03. The van der Waals surface area contributed by atoms with Gasteiger partial charge in [0.25, 0.3) is 0 Å².